The molecule has 3 rings (SSSR count). The zero-order valence-corrected chi connectivity index (χ0v) is 26.4. The van der Waals surface area contributed by atoms with E-state index in [1.165, 1.54) is 0 Å². The number of nitrogens with one attached hydrogen (secondary N) is 2. The van der Waals surface area contributed by atoms with Crippen LogP contribution in [0, 0.1) is 5.92 Å². The molecular weight excluding hydrogens is 574 g/mol. The molecule has 0 aliphatic rings. The Kier molecular flexibility index (Phi) is 14.7. The van der Waals surface area contributed by atoms with Crippen LogP contribution in [0.5, 0.6) is 17.2 Å². The molecule has 0 saturated heterocycles. The Bertz CT molecular complexity index is 1360. The summed E-state index contributed by atoms with van der Waals surface area (Å²) in [5, 5.41) is 15.6. The Labute approximate surface area is 265 Å². The number of Topliss-reactive ketones (excluding diaryl/α,β-unsaturated/α-hetero) is 1. The van der Waals surface area contributed by atoms with Crippen LogP contribution in [-0.2, 0) is 27.2 Å². The average Bonchev–Trinajstić information content (AvgIpc) is 3.01. The molecule has 1 atom stereocenters. The molecule has 242 valence electrons. The number of pyridine rings is 1. The smallest absolute Gasteiger partial charge is 0.305 e. The third kappa shape index (κ3) is 13.7. The van der Waals surface area contributed by atoms with E-state index in [0.717, 1.165) is 42.0 Å². The van der Waals surface area contributed by atoms with Crippen LogP contribution in [0.15, 0.2) is 66.9 Å². The number of hydrogen-bond acceptors (Lipinski definition) is 8. The molecule has 0 fully saturated rings. The van der Waals surface area contributed by atoms with Gasteiger partial charge in [-0.3, -0.25) is 14.4 Å². The van der Waals surface area contributed by atoms with Crippen LogP contribution in [0.1, 0.15) is 57.1 Å². The van der Waals surface area contributed by atoms with Crippen molar-refractivity contribution in [2.75, 3.05) is 32.2 Å². The van der Waals surface area contributed by atoms with E-state index >= 15 is 0 Å². The first kappa shape index (κ1) is 34.9. The molecule has 45 heavy (non-hydrogen) atoms. The normalized spacial score (nSPS) is 11.5. The lowest BCUT2D eigenvalue weighted by Gasteiger charge is -2.18. The zero-order valence-electron chi connectivity index (χ0n) is 26.4. The van der Waals surface area contributed by atoms with Crippen molar-refractivity contribution in [3.8, 4) is 17.2 Å². The maximum absolute atomic E-state index is 12.9. The zero-order chi connectivity index (χ0) is 32.4. The molecule has 0 unspecified atom stereocenters. The highest BCUT2D eigenvalue weighted by atomic mass is 16.5. The summed E-state index contributed by atoms with van der Waals surface area (Å²) in [5.74, 6) is 1.92. The Morgan fingerprint density at radius 3 is 2.36 bits per heavy atom. The number of unbranched alkanes of at least 4 members (excludes halogenated alkanes) is 1. The lowest BCUT2D eigenvalue weighted by molar-refractivity contribution is -0.137. The van der Waals surface area contributed by atoms with Gasteiger partial charge < -0.3 is 30.0 Å². The summed E-state index contributed by atoms with van der Waals surface area (Å²) in [6.07, 6.45) is 4.84. The van der Waals surface area contributed by atoms with E-state index in [1.54, 1.807) is 19.4 Å². The van der Waals surface area contributed by atoms with Crippen LogP contribution in [0.3, 0.4) is 0 Å². The monoisotopic (exact) mass is 619 g/mol. The number of carbonyl (C=O) groups is 3. The van der Waals surface area contributed by atoms with Crippen molar-refractivity contribution in [3.05, 3.63) is 78.0 Å². The van der Waals surface area contributed by atoms with Gasteiger partial charge in [-0.05, 0) is 67.1 Å². The molecule has 1 heterocycles. The summed E-state index contributed by atoms with van der Waals surface area (Å²) < 4.78 is 16.9. The second kappa shape index (κ2) is 18.9. The minimum absolute atomic E-state index is 0.0535. The summed E-state index contributed by atoms with van der Waals surface area (Å²) >= 11 is 0. The maximum atomic E-state index is 12.9. The van der Waals surface area contributed by atoms with E-state index in [0.29, 0.717) is 44.1 Å². The quantitative estimate of drug-likeness (QED) is 0.132. The van der Waals surface area contributed by atoms with E-state index in [9.17, 15) is 19.5 Å². The number of benzene rings is 2. The van der Waals surface area contributed by atoms with Gasteiger partial charge in [0.1, 0.15) is 28.8 Å². The number of rotatable bonds is 21. The molecule has 0 saturated carbocycles. The van der Waals surface area contributed by atoms with Crippen LogP contribution in [-0.4, -0.2) is 60.7 Å². The Morgan fingerprint density at radius 2 is 1.62 bits per heavy atom. The molecule has 0 aliphatic carbocycles. The van der Waals surface area contributed by atoms with E-state index < -0.39 is 12.0 Å². The summed E-state index contributed by atoms with van der Waals surface area (Å²) in [4.78, 5) is 40.4. The van der Waals surface area contributed by atoms with Crippen molar-refractivity contribution < 1.29 is 33.7 Å². The number of aromatic nitrogens is 1. The largest absolute Gasteiger partial charge is 0.497 e. The summed E-state index contributed by atoms with van der Waals surface area (Å²) in [5.41, 5.74) is 1.66. The second-order valence-corrected chi connectivity index (χ2v) is 11.2. The number of ketones is 1. The van der Waals surface area contributed by atoms with Crippen LogP contribution >= 0.6 is 0 Å². The first-order valence-corrected chi connectivity index (χ1v) is 15.4. The second-order valence-electron chi connectivity index (χ2n) is 11.2. The third-order valence-corrected chi connectivity index (χ3v) is 7.05. The van der Waals surface area contributed by atoms with E-state index in [2.05, 4.69) is 15.6 Å². The molecule has 0 spiro atoms. The maximum Gasteiger partial charge on any atom is 0.305 e. The van der Waals surface area contributed by atoms with E-state index in [1.807, 2.05) is 68.4 Å². The average molecular weight is 620 g/mol. The van der Waals surface area contributed by atoms with Crippen molar-refractivity contribution in [1.29, 1.82) is 0 Å². The number of ether oxygens (including phenoxy) is 3. The molecule has 1 aromatic heterocycles. The number of nitrogens with zero attached hydrogens (tertiary/aromatic N) is 1. The molecule has 1 amide bonds. The van der Waals surface area contributed by atoms with Gasteiger partial charge in [0.05, 0.1) is 33.2 Å². The van der Waals surface area contributed by atoms with Gasteiger partial charge in [0.15, 0.2) is 0 Å². The van der Waals surface area contributed by atoms with Crippen molar-refractivity contribution >= 4 is 23.5 Å². The lowest BCUT2D eigenvalue weighted by atomic mass is 10.0. The van der Waals surface area contributed by atoms with Crippen molar-refractivity contribution in [3.63, 3.8) is 0 Å². The first-order valence-electron chi connectivity index (χ1n) is 15.4. The number of methoxy groups -OCH3 is 1. The van der Waals surface area contributed by atoms with E-state index in [-0.39, 0.29) is 30.4 Å². The predicted octanol–water partition coefficient (Wildman–Crippen LogP) is 5.49. The Hall–Kier alpha value is -4.60. The molecule has 0 aliphatic heterocycles. The fourth-order valence-electron chi connectivity index (χ4n) is 4.59. The van der Waals surface area contributed by atoms with E-state index in [4.69, 9.17) is 14.2 Å². The Balaban J connectivity index is 1.41. The van der Waals surface area contributed by atoms with Gasteiger partial charge in [0.2, 0.25) is 5.91 Å². The van der Waals surface area contributed by atoms with Crippen LogP contribution in [0.4, 0.5) is 5.82 Å². The molecule has 10 heteroatoms. The van der Waals surface area contributed by atoms with Crippen molar-refractivity contribution in [2.24, 2.45) is 5.92 Å². The summed E-state index contributed by atoms with van der Waals surface area (Å²) in [6, 6.07) is 17.8. The highest BCUT2D eigenvalue weighted by molar-refractivity contribution is 5.80. The highest BCUT2D eigenvalue weighted by Gasteiger charge is 2.17. The van der Waals surface area contributed by atoms with Gasteiger partial charge in [-0.25, -0.2) is 4.98 Å². The number of hydrogen-bond donors (Lipinski definition) is 3. The molecule has 2 aromatic carbocycles. The number of anilines is 1. The minimum Gasteiger partial charge on any atom is -0.497 e. The van der Waals surface area contributed by atoms with Crippen molar-refractivity contribution in [2.45, 2.75) is 64.8 Å². The van der Waals surface area contributed by atoms with Crippen molar-refractivity contribution in [1.82, 2.24) is 10.3 Å². The van der Waals surface area contributed by atoms with Gasteiger partial charge in [-0.2, -0.15) is 0 Å². The summed E-state index contributed by atoms with van der Waals surface area (Å²) in [7, 11) is 1.61. The molecular formula is C35H45N3O7. The summed E-state index contributed by atoms with van der Waals surface area (Å²) in [6.45, 7) is 5.50. The van der Waals surface area contributed by atoms with Gasteiger partial charge in [0.25, 0.3) is 0 Å². The number of carboxylic acids is 1. The number of carboxylic acid groups (broad SMARTS) is 1. The SMILES string of the molecule is COc1ccnc(NCCCOc2ccc(C[C@@H](CC(=O)O)NC(=O)Cc3cccc(OCCCCC(=O)C(C)C)c3)cc2)c1. The highest BCUT2D eigenvalue weighted by Crippen LogP contribution is 2.18. The van der Waals surface area contributed by atoms with Gasteiger partial charge in [-0.15, -0.1) is 0 Å². The Morgan fingerprint density at radius 1 is 0.867 bits per heavy atom. The number of aliphatic carboxylic acids is 1. The predicted molar refractivity (Wildman–Crippen MR) is 173 cm³/mol. The molecule has 10 nitrogen and oxygen atoms in total. The third-order valence-electron chi connectivity index (χ3n) is 7.05. The lowest BCUT2D eigenvalue weighted by Crippen LogP contribution is -2.38. The van der Waals surface area contributed by atoms with Crippen LogP contribution < -0.4 is 24.8 Å². The molecule has 3 aromatic rings. The number of carbonyl (C=O) groups excluding carboxylic acids is 2. The fraction of sp³-hybridized carbons (Fsp3) is 0.429. The minimum atomic E-state index is -0.983. The number of amides is 1. The van der Waals surface area contributed by atoms with Gasteiger partial charge >= 0.3 is 5.97 Å². The molecule has 0 radical (unpaired) electrons. The first-order chi connectivity index (χ1) is 21.7. The standard InChI is InChI=1S/C35H45N3O7/c1-25(2)32(39)10-4-5-18-45-31-9-6-8-27(21-31)22-34(40)38-28(23-35(41)42)20-26-11-13-29(14-12-26)44-19-7-16-36-33-24-30(43-3)15-17-37-33/h6,8-9,11-15,17,21,24-25,28H,4-5,7,10,16,18-20,22-23H2,1-3H3,(H,36,37)(H,38,40)(H,41,42)/t28-/m0/s1. The molecule has 0 bridgehead atoms. The van der Waals surface area contributed by atoms with Crippen LogP contribution in [0.2, 0.25) is 0 Å². The van der Waals surface area contributed by atoms with Gasteiger partial charge in [-0.1, -0.05) is 38.1 Å². The van der Waals surface area contributed by atoms with Crippen LogP contribution in [0.25, 0.3) is 0 Å². The topological polar surface area (TPSA) is 136 Å². The fourth-order valence-corrected chi connectivity index (χ4v) is 4.59. The molecule has 3 N–H and O–H groups in total. The van der Waals surface area contributed by atoms with Gasteiger partial charge in [0, 0.05) is 37.2 Å².